The lowest BCUT2D eigenvalue weighted by atomic mass is 9.65. The van der Waals surface area contributed by atoms with Crippen LogP contribution in [-0.2, 0) is 6.42 Å². The first-order valence-electron chi connectivity index (χ1n) is 9.85. The van der Waals surface area contributed by atoms with E-state index in [2.05, 4.69) is 11.4 Å². The molecule has 6 heteroatoms. The Morgan fingerprint density at radius 1 is 1.17 bits per heavy atom. The maximum Gasteiger partial charge on any atom is 0.265 e. The molecule has 1 saturated carbocycles. The molecule has 2 aromatic rings. The smallest absolute Gasteiger partial charge is 0.265 e. The summed E-state index contributed by atoms with van der Waals surface area (Å²) in [5.74, 6) is -3.48. The van der Waals surface area contributed by atoms with Gasteiger partial charge in [-0.05, 0) is 55.1 Å². The lowest BCUT2D eigenvalue weighted by Crippen LogP contribution is -2.57. The summed E-state index contributed by atoms with van der Waals surface area (Å²) in [5.41, 5.74) is 7.41. The third kappa shape index (κ3) is 4.80. The van der Waals surface area contributed by atoms with Gasteiger partial charge in [0, 0.05) is 12.5 Å². The molecule has 0 saturated heterocycles. The molecule has 3 rings (SSSR count). The second kappa shape index (κ2) is 8.56. The van der Waals surface area contributed by atoms with E-state index in [-0.39, 0.29) is 5.82 Å². The number of nitriles is 1. The van der Waals surface area contributed by atoms with Gasteiger partial charge in [0.05, 0.1) is 17.5 Å². The van der Waals surface area contributed by atoms with Gasteiger partial charge in [0.2, 0.25) is 0 Å². The van der Waals surface area contributed by atoms with Crippen LogP contribution in [0, 0.1) is 22.6 Å². The molecule has 0 spiro atoms. The summed E-state index contributed by atoms with van der Waals surface area (Å²) in [6, 6.07) is 13.6. The fraction of sp³-hybridized carbons (Fsp3) is 0.435. The van der Waals surface area contributed by atoms with Crippen LogP contribution in [0.25, 0.3) is 11.1 Å². The molecule has 0 amide bonds. The van der Waals surface area contributed by atoms with E-state index in [1.807, 2.05) is 24.3 Å². The van der Waals surface area contributed by atoms with Crippen molar-refractivity contribution in [2.24, 2.45) is 11.1 Å². The number of hydrogen-bond acceptors (Lipinski definition) is 3. The first kappa shape index (κ1) is 21.4. The van der Waals surface area contributed by atoms with Crippen molar-refractivity contribution in [1.29, 1.82) is 5.26 Å². The summed E-state index contributed by atoms with van der Waals surface area (Å²) in [6.45, 7) is 0. The van der Waals surface area contributed by atoms with E-state index in [1.54, 1.807) is 19.2 Å². The van der Waals surface area contributed by atoms with Gasteiger partial charge in [-0.3, -0.25) is 0 Å². The highest BCUT2D eigenvalue weighted by Crippen LogP contribution is 2.48. The summed E-state index contributed by atoms with van der Waals surface area (Å²) in [6.07, 6.45) is 1.62. The minimum atomic E-state index is -3.15. The predicted octanol–water partition coefficient (Wildman–Crippen LogP) is 4.67. The minimum absolute atomic E-state index is 0.302. The SMILES string of the molecule is CNC(Cc1cccc(-c2cccc(F)c2)c1)C(N)C(F)(F)CC1(C#N)CCC1. The Bertz CT molecular complexity index is 887. The molecule has 3 N–H and O–H groups in total. The molecule has 2 unspecified atom stereocenters. The fourth-order valence-electron chi connectivity index (χ4n) is 4.00. The highest BCUT2D eigenvalue weighted by atomic mass is 19.3. The fourth-order valence-corrected chi connectivity index (χ4v) is 4.00. The van der Waals surface area contributed by atoms with Crippen molar-refractivity contribution in [3.05, 3.63) is 59.9 Å². The highest BCUT2D eigenvalue weighted by molar-refractivity contribution is 5.64. The van der Waals surface area contributed by atoms with Crippen molar-refractivity contribution in [2.75, 3.05) is 7.05 Å². The Hall–Kier alpha value is -2.36. The van der Waals surface area contributed by atoms with Crippen LogP contribution in [0.1, 0.15) is 31.2 Å². The maximum absolute atomic E-state index is 14.9. The van der Waals surface area contributed by atoms with E-state index in [0.717, 1.165) is 23.1 Å². The number of nitrogens with one attached hydrogen (secondary N) is 1. The molecule has 0 heterocycles. The Morgan fingerprint density at radius 2 is 1.83 bits per heavy atom. The minimum Gasteiger partial charge on any atom is -0.321 e. The third-order valence-electron chi connectivity index (χ3n) is 5.95. The van der Waals surface area contributed by atoms with Gasteiger partial charge in [0.1, 0.15) is 5.82 Å². The van der Waals surface area contributed by atoms with E-state index in [9.17, 15) is 18.4 Å². The molecule has 1 aliphatic rings. The molecule has 1 aliphatic carbocycles. The second-order valence-electron chi connectivity index (χ2n) is 8.02. The summed E-state index contributed by atoms with van der Waals surface area (Å²) < 4.78 is 43.3. The molecule has 2 atom stereocenters. The monoisotopic (exact) mass is 401 g/mol. The first-order valence-corrected chi connectivity index (χ1v) is 9.85. The molecule has 1 fully saturated rings. The number of halogens is 3. The van der Waals surface area contributed by atoms with Crippen molar-refractivity contribution in [3.8, 4) is 17.2 Å². The van der Waals surface area contributed by atoms with Gasteiger partial charge < -0.3 is 11.1 Å². The van der Waals surface area contributed by atoms with Gasteiger partial charge in [0.15, 0.2) is 0 Å². The number of likely N-dealkylation sites (N-methyl/N-ethyl adjacent to an activating group) is 1. The average Bonchev–Trinajstić information content (AvgIpc) is 2.68. The van der Waals surface area contributed by atoms with Crippen molar-refractivity contribution < 1.29 is 13.2 Å². The summed E-state index contributed by atoms with van der Waals surface area (Å²) in [5, 5.41) is 12.2. The van der Waals surface area contributed by atoms with Crippen molar-refractivity contribution in [1.82, 2.24) is 5.32 Å². The van der Waals surface area contributed by atoms with E-state index >= 15 is 0 Å². The molecule has 29 heavy (non-hydrogen) atoms. The number of alkyl halides is 2. The zero-order valence-electron chi connectivity index (χ0n) is 16.5. The second-order valence-corrected chi connectivity index (χ2v) is 8.02. The summed E-state index contributed by atoms with van der Waals surface area (Å²) in [4.78, 5) is 0. The molecule has 0 aromatic heterocycles. The molecule has 0 radical (unpaired) electrons. The van der Waals surface area contributed by atoms with Crippen LogP contribution in [-0.4, -0.2) is 25.1 Å². The van der Waals surface area contributed by atoms with E-state index in [0.29, 0.717) is 19.3 Å². The Balaban J connectivity index is 1.75. The van der Waals surface area contributed by atoms with Gasteiger partial charge in [-0.15, -0.1) is 0 Å². The number of hydrogen-bond donors (Lipinski definition) is 2. The number of benzene rings is 2. The number of rotatable bonds is 8. The Morgan fingerprint density at radius 3 is 2.38 bits per heavy atom. The molecular weight excluding hydrogens is 375 g/mol. The van der Waals surface area contributed by atoms with Gasteiger partial charge in [0.25, 0.3) is 5.92 Å². The zero-order valence-corrected chi connectivity index (χ0v) is 16.5. The predicted molar refractivity (Wildman–Crippen MR) is 108 cm³/mol. The third-order valence-corrected chi connectivity index (χ3v) is 5.95. The number of nitrogens with zero attached hydrogens (tertiary/aromatic N) is 1. The zero-order chi connectivity index (χ0) is 21.1. The first-order chi connectivity index (χ1) is 13.8. The van der Waals surface area contributed by atoms with E-state index < -0.39 is 29.8 Å². The Labute approximate surface area is 169 Å². The maximum atomic E-state index is 14.9. The normalized spacial score (nSPS) is 17.8. The van der Waals surface area contributed by atoms with Gasteiger partial charge in [-0.25, -0.2) is 13.2 Å². The summed E-state index contributed by atoms with van der Waals surface area (Å²) >= 11 is 0. The van der Waals surface area contributed by atoms with Crippen molar-refractivity contribution >= 4 is 0 Å². The lowest BCUT2D eigenvalue weighted by Gasteiger charge is -2.40. The number of nitrogens with two attached hydrogens (primary N) is 1. The van der Waals surface area contributed by atoms with Crippen LogP contribution in [0.15, 0.2) is 48.5 Å². The van der Waals surface area contributed by atoms with Gasteiger partial charge >= 0.3 is 0 Å². The molecule has 154 valence electrons. The highest BCUT2D eigenvalue weighted by Gasteiger charge is 2.50. The molecule has 0 aliphatic heterocycles. The van der Waals surface area contributed by atoms with Crippen LogP contribution < -0.4 is 11.1 Å². The quantitative estimate of drug-likeness (QED) is 0.676. The van der Waals surface area contributed by atoms with Crippen LogP contribution in [0.4, 0.5) is 13.2 Å². The van der Waals surface area contributed by atoms with Crippen LogP contribution in [0.5, 0.6) is 0 Å². The van der Waals surface area contributed by atoms with E-state index in [4.69, 9.17) is 5.73 Å². The van der Waals surface area contributed by atoms with Crippen molar-refractivity contribution in [3.63, 3.8) is 0 Å². The molecule has 3 nitrogen and oxygen atoms in total. The van der Waals surface area contributed by atoms with Crippen molar-refractivity contribution in [2.45, 2.75) is 50.1 Å². The summed E-state index contributed by atoms with van der Waals surface area (Å²) in [7, 11) is 1.61. The average molecular weight is 401 g/mol. The largest absolute Gasteiger partial charge is 0.321 e. The van der Waals surface area contributed by atoms with Crippen LogP contribution in [0.3, 0.4) is 0 Å². The van der Waals surface area contributed by atoms with Gasteiger partial charge in [-0.2, -0.15) is 5.26 Å². The van der Waals surface area contributed by atoms with Gasteiger partial charge in [-0.1, -0.05) is 42.8 Å². The molecular formula is C23H26F3N3. The standard InChI is InChI=1S/C23H26F3N3/c1-29-20(21(28)23(25,26)14-22(15-27)9-4-10-22)12-16-5-2-6-17(11-16)18-7-3-8-19(24)13-18/h2-3,5-8,11,13,20-21,29H,4,9-10,12,14,28H2,1H3. The van der Waals surface area contributed by atoms with Crippen LogP contribution in [0.2, 0.25) is 0 Å². The van der Waals surface area contributed by atoms with Crippen LogP contribution >= 0.6 is 0 Å². The van der Waals surface area contributed by atoms with E-state index in [1.165, 1.54) is 12.1 Å². The lowest BCUT2D eigenvalue weighted by molar-refractivity contribution is -0.0787. The Kier molecular flexibility index (Phi) is 6.30. The molecule has 0 bridgehead atoms. The molecule has 2 aromatic carbocycles. The topological polar surface area (TPSA) is 61.8 Å².